The summed E-state index contributed by atoms with van der Waals surface area (Å²) in [5.74, 6) is -0.801. The molecule has 0 saturated heterocycles. The highest BCUT2D eigenvalue weighted by Gasteiger charge is 2.35. The monoisotopic (exact) mass is 739 g/mol. The van der Waals surface area contributed by atoms with Crippen molar-refractivity contribution in [1.82, 2.24) is 10.2 Å². The molecular formula is C34H35Br2N3O4S. The molecule has 7 nitrogen and oxygen atoms in total. The minimum absolute atomic E-state index is 0.0607. The summed E-state index contributed by atoms with van der Waals surface area (Å²) in [4.78, 5) is 29.9. The molecule has 4 aromatic rings. The summed E-state index contributed by atoms with van der Waals surface area (Å²) in [5.41, 5.74) is 2.02. The third-order valence-corrected chi connectivity index (χ3v) is 10.1. The molecule has 0 radical (unpaired) electrons. The van der Waals surface area contributed by atoms with Crippen LogP contribution in [0.15, 0.2) is 123 Å². The molecule has 230 valence electrons. The Balaban J connectivity index is 1.79. The molecule has 0 aliphatic rings. The normalized spacial score (nSPS) is 12.6. The molecular weight excluding hydrogens is 706 g/mol. The van der Waals surface area contributed by atoms with Crippen molar-refractivity contribution in [2.24, 2.45) is 0 Å². The molecule has 0 spiro atoms. The third kappa shape index (κ3) is 8.80. The first-order chi connectivity index (χ1) is 21.1. The molecule has 0 heterocycles. The zero-order valence-electron chi connectivity index (χ0n) is 24.6. The maximum atomic E-state index is 14.5. The van der Waals surface area contributed by atoms with Crippen LogP contribution >= 0.6 is 31.9 Å². The number of carbonyl (C=O) groups is 2. The molecule has 0 fully saturated rings. The van der Waals surface area contributed by atoms with Gasteiger partial charge in [-0.2, -0.15) is 0 Å². The number of carbonyl (C=O) groups excluding carboxylic acids is 2. The van der Waals surface area contributed by atoms with E-state index >= 15 is 0 Å². The number of sulfonamides is 1. The van der Waals surface area contributed by atoms with Crippen LogP contribution in [0.5, 0.6) is 0 Å². The van der Waals surface area contributed by atoms with Crippen LogP contribution in [-0.4, -0.2) is 43.8 Å². The van der Waals surface area contributed by atoms with Crippen LogP contribution in [0.3, 0.4) is 0 Å². The summed E-state index contributed by atoms with van der Waals surface area (Å²) >= 11 is 6.87. The Morgan fingerprint density at radius 1 is 0.773 bits per heavy atom. The molecule has 0 aliphatic heterocycles. The molecule has 0 aromatic heterocycles. The van der Waals surface area contributed by atoms with Crippen LogP contribution in [0.1, 0.15) is 31.4 Å². The van der Waals surface area contributed by atoms with Crippen molar-refractivity contribution in [2.45, 2.75) is 50.2 Å². The van der Waals surface area contributed by atoms with Crippen molar-refractivity contribution >= 4 is 59.4 Å². The van der Waals surface area contributed by atoms with Gasteiger partial charge in [0.15, 0.2) is 0 Å². The number of amides is 2. The van der Waals surface area contributed by atoms with Crippen molar-refractivity contribution in [2.75, 3.05) is 10.8 Å². The van der Waals surface area contributed by atoms with Gasteiger partial charge in [-0.05, 0) is 73.0 Å². The van der Waals surface area contributed by atoms with E-state index in [1.165, 1.54) is 17.0 Å². The molecule has 0 saturated carbocycles. The van der Waals surface area contributed by atoms with Crippen LogP contribution in [0.4, 0.5) is 5.69 Å². The highest BCUT2D eigenvalue weighted by molar-refractivity contribution is 9.10. The fourth-order valence-electron chi connectivity index (χ4n) is 4.64. The van der Waals surface area contributed by atoms with Crippen LogP contribution in [0.2, 0.25) is 0 Å². The first kappa shape index (κ1) is 33.4. The number of anilines is 1. The number of hydrogen-bond acceptors (Lipinski definition) is 4. The zero-order valence-corrected chi connectivity index (χ0v) is 28.6. The van der Waals surface area contributed by atoms with Gasteiger partial charge in [-0.15, -0.1) is 0 Å². The van der Waals surface area contributed by atoms with Crippen molar-refractivity contribution in [3.63, 3.8) is 0 Å². The van der Waals surface area contributed by atoms with E-state index in [4.69, 9.17) is 0 Å². The van der Waals surface area contributed by atoms with E-state index in [-0.39, 0.29) is 29.8 Å². The van der Waals surface area contributed by atoms with E-state index in [0.29, 0.717) is 5.69 Å². The fraction of sp³-hybridized carbons (Fsp3) is 0.235. The van der Waals surface area contributed by atoms with Crippen LogP contribution in [-0.2, 0) is 32.6 Å². The van der Waals surface area contributed by atoms with E-state index in [0.717, 1.165) is 30.8 Å². The van der Waals surface area contributed by atoms with Crippen molar-refractivity contribution < 1.29 is 18.0 Å². The van der Waals surface area contributed by atoms with Crippen molar-refractivity contribution in [3.05, 3.63) is 129 Å². The van der Waals surface area contributed by atoms with Gasteiger partial charge in [0.05, 0.1) is 10.6 Å². The Kier molecular flexibility index (Phi) is 11.8. The average Bonchev–Trinajstić information content (AvgIpc) is 3.03. The topological polar surface area (TPSA) is 86.8 Å². The molecule has 0 bridgehead atoms. The Labute approximate surface area is 276 Å². The number of nitrogens with zero attached hydrogens (tertiary/aromatic N) is 2. The highest BCUT2D eigenvalue weighted by atomic mass is 79.9. The maximum absolute atomic E-state index is 14.5. The molecule has 4 rings (SSSR count). The minimum Gasteiger partial charge on any atom is -0.352 e. The van der Waals surface area contributed by atoms with Gasteiger partial charge < -0.3 is 10.2 Å². The second-order valence-corrected chi connectivity index (χ2v) is 14.2. The Morgan fingerprint density at radius 2 is 1.32 bits per heavy atom. The summed E-state index contributed by atoms with van der Waals surface area (Å²) in [7, 11) is -4.14. The maximum Gasteiger partial charge on any atom is 0.264 e. The molecule has 4 aromatic carbocycles. The first-order valence-electron chi connectivity index (χ1n) is 14.3. The standard InChI is InChI=1S/C34H35Br2N3O4S/c1-3-25(2)37-34(41)32(22-26-10-6-4-7-11-26)38(23-27-14-16-28(35)17-15-27)33(40)24-39(30-20-18-29(36)19-21-30)44(42,43)31-12-8-5-9-13-31/h4-21,25,32H,3,22-24H2,1-2H3,(H,37,41)/t25-,32+/m1/s1. The Bertz CT molecular complexity index is 1640. The van der Waals surface area contributed by atoms with Gasteiger partial charge in [-0.3, -0.25) is 13.9 Å². The number of nitrogens with one attached hydrogen (secondary N) is 1. The SMILES string of the molecule is CC[C@@H](C)NC(=O)[C@H](Cc1ccccc1)N(Cc1ccc(Br)cc1)C(=O)CN(c1ccc(Br)cc1)S(=O)(=O)c1ccccc1. The van der Waals surface area contributed by atoms with Gasteiger partial charge in [0.2, 0.25) is 11.8 Å². The molecule has 0 unspecified atom stereocenters. The molecule has 1 N–H and O–H groups in total. The molecule has 2 atom stereocenters. The van der Waals surface area contributed by atoms with Gasteiger partial charge in [0, 0.05) is 28.0 Å². The second kappa shape index (κ2) is 15.5. The second-order valence-electron chi connectivity index (χ2n) is 10.5. The average molecular weight is 742 g/mol. The third-order valence-electron chi connectivity index (χ3n) is 7.26. The van der Waals surface area contributed by atoms with E-state index in [2.05, 4.69) is 37.2 Å². The van der Waals surface area contributed by atoms with Gasteiger partial charge >= 0.3 is 0 Å². The molecule has 10 heteroatoms. The summed E-state index contributed by atoms with van der Waals surface area (Å²) in [6.45, 7) is 3.50. The number of benzene rings is 4. The van der Waals surface area contributed by atoms with Gasteiger partial charge in [-0.25, -0.2) is 8.42 Å². The lowest BCUT2D eigenvalue weighted by Crippen LogP contribution is -2.54. The predicted octanol–water partition coefficient (Wildman–Crippen LogP) is 6.96. The lowest BCUT2D eigenvalue weighted by molar-refractivity contribution is -0.140. The summed E-state index contributed by atoms with van der Waals surface area (Å²) in [6.07, 6.45) is 0.978. The van der Waals surface area contributed by atoms with E-state index in [1.807, 2.05) is 68.4 Å². The molecule has 0 aliphatic carbocycles. The summed E-state index contributed by atoms with van der Waals surface area (Å²) in [5, 5.41) is 3.05. The Hall–Kier alpha value is -3.47. The van der Waals surface area contributed by atoms with Gasteiger partial charge in [0.1, 0.15) is 12.6 Å². The fourth-order valence-corrected chi connectivity index (χ4v) is 6.60. The number of rotatable bonds is 13. The summed E-state index contributed by atoms with van der Waals surface area (Å²) < 4.78 is 30.8. The first-order valence-corrected chi connectivity index (χ1v) is 17.3. The van der Waals surface area contributed by atoms with Gasteiger partial charge in [0.25, 0.3) is 10.0 Å². The molecule has 2 amide bonds. The smallest absolute Gasteiger partial charge is 0.264 e. The van der Waals surface area contributed by atoms with Crippen LogP contribution in [0.25, 0.3) is 0 Å². The lowest BCUT2D eigenvalue weighted by atomic mass is 10.0. The van der Waals surface area contributed by atoms with E-state index in [1.54, 1.807) is 42.5 Å². The van der Waals surface area contributed by atoms with E-state index in [9.17, 15) is 18.0 Å². The predicted molar refractivity (Wildman–Crippen MR) is 182 cm³/mol. The minimum atomic E-state index is -4.14. The Morgan fingerprint density at radius 3 is 1.89 bits per heavy atom. The largest absolute Gasteiger partial charge is 0.352 e. The van der Waals surface area contributed by atoms with Crippen molar-refractivity contribution in [1.29, 1.82) is 0 Å². The number of halogens is 2. The zero-order chi connectivity index (χ0) is 31.7. The van der Waals surface area contributed by atoms with Gasteiger partial charge in [-0.1, -0.05) is 99.4 Å². The lowest BCUT2D eigenvalue weighted by Gasteiger charge is -2.34. The van der Waals surface area contributed by atoms with Crippen molar-refractivity contribution in [3.8, 4) is 0 Å². The summed E-state index contributed by atoms with van der Waals surface area (Å²) in [6, 6.07) is 30.8. The van der Waals surface area contributed by atoms with Crippen LogP contribution in [0, 0.1) is 0 Å². The highest BCUT2D eigenvalue weighted by Crippen LogP contribution is 2.26. The molecule has 44 heavy (non-hydrogen) atoms. The number of hydrogen-bond donors (Lipinski definition) is 1. The van der Waals surface area contributed by atoms with E-state index < -0.39 is 28.5 Å². The quantitative estimate of drug-likeness (QED) is 0.161. The van der Waals surface area contributed by atoms with Crippen LogP contribution < -0.4 is 9.62 Å².